The SMILES string of the molecule is CCCn1cnnc1-c1sccc1C. The summed E-state index contributed by atoms with van der Waals surface area (Å²) in [5, 5.41) is 10.2. The highest BCUT2D eigenvalue weighted by molar-refractivity contribution is 7.13. The van der Waals surface area contributed by atoms with Gasteiger partial charge < -0.3 is 4.57 Å². The molecule has 0 unspecified atom stereocenters. The van der Waals surface area contributed by atoms with Gasteiger partial charge in [-0.1, -0.05) is 6.92 Å². The second-order valence-electron chi connectivity index (χ2n) is 3.28. The molecule has 0 aliphatic rings. The molecule has 0 aliphatic carbocycles. The number of aryl methyl sites for hydroxylation is 2. The summed E-state index contributed by atoms with van der Waals surface area (Å²) in [5.74, 6) is 0.999. The zero-order chi connectivity index (χ0) is 9.97. The Morgan fingerprint density at radius 1 is 1.50 bits per heavy atom. The molecular weight excluding hydrogens is 194 g/mol. The Balaban J connectivity index is 2.41. The summed E-state index contributed by atoms with van der Waals surface area (Å²) in [7, 11) is 0. The quantitative estimate of drug-likeness (QED) is 0.774. The van der Waals surface area contributed by atoms with Crippen LogP contribution in [-0.4, -0.2) is 14.8 Å². The molecular formula is C10H13N3S. The van der Waals surface area contributed by atoms with Crippen molar-refractivity contribution in [2.24, 2.45) is 0 Å². The molecule has 0 radical (unpaired) electrons. The minimum absolute atomic E-state index is 0.986. The van der Waals surface area contributed by atoms with Crippen LogP contribution in [-0.2, 0) is 6.54 Å². The minimum atomic E-state index is 0.986. The van der Waals surface area contributed by atoms with E-state index in [9.17, 15) is 0 Å². The van der Waals surface area contributed by atoms with Crippen molar-refractivity contribution < 1.29 is 0 Å². The van der Waals surface area contributed by atoms with E-state index in [1.54, 1.807) is 17.7 Å². The molecule has 2 aromatic heterocycles. The van der Waals surface area contributed by atoms with E-state index in [1.165, 1.54) is 10.4 Å². The van der Waals surface area contributed by atoms with Gasteiger partial charge in [-0.2, -0.15) is 0 Å². The maximum Gasteiger partial charge on any atom is 0.174 e. The fourth-order valence-corrected chi connectivity index (χ4v) is 2.36. The van der Waals surface area contributed by atoms with Crippen LogP contribution in [0.25, 0.3) is 10.7 Å². The topological polar surface area (TPSA) is 30.7 Å². The Kier molecular flexibility index (Phi) is 2.63. The van der Waals surface area contributed by atoms with E-state index in [0.717, 1.165) is 18.8 Å². The summed E-state index contributed by atoms with van der Waals surface area (Å²) in [5.41, 5.74) is 1.28. The smallest absolute Gasteiger partial charge is 0.174 e. The summed E-state index contributed by atoms with van der Waals surface area (Å²) < 4.78 is 2.11. The fraction of sp³-hybridized carbons (Fsp3) is 0.400. The van der Waals surface area contributed by atoms with Crippen LogP contribution in [0.4, 0.5) is 0 Å². The van der Waals surface area contributed by atoms with E-state index in [1.807, 2.05) is 0 Å². The monoisotopic (exact) mass is 207 g/mol. The summed E-state index contributed by atoms with van der Waals surface area (Å²) >= 11 is 1.72. The van der Waals surface area contributed by atoms with Crippen molar-refractivity contribution in [1.29, 1.82) is 0 Å². The lowest BCUT2D eigenvalue weighted by Crippen LogP contribution is -1.97. The Hall–Kier alpha value is -1.16. The van der Waals surface area contributed by atoms with E-state index in [0.29, 0.717) is 0 Å². The minimum Gasteiger partial charge on any atom is -0.313 e. The third-order valence-corrected chi connectivity index (χ3v) is 3.16. The molecule has 2 rings (SSSR count). The second kappa shape index (κ2) is 3.92. The van der Waals surface area contributed by atoms with Crippen LogP contribution in [0.3, 0.4) is 0 Å². The van der Waals surface area contributed by atoms with Crippen molar-refractivity contribution in [3.05, 3.63) is 23.3 Å². The lowest BCUT2D eigenvalue weighted by molar-refractivity contribution is 0.683. The normalized spacial score (nSPS) is 10.7. The van der Waals surface area contributed by atoms with Gasteiger partial charge in [0.05, 0.1) is 4.88 Å². The molecule has 4 heteroatoms. The van der Waals surface area contributed by atoms with Crippen molar-refractivity contribution in [3.8, 4) is 10.7 Å². The van der Waals surface area contributed by atoms with Gasteiger partial charge in [-0.3, -0.25) is 0 Å². The van der Waals surface area contributed by atoms with Crippen molar-refractivity contribution in [2.45, 2.75) is 26.8 Å². The molecule has 0 N–H and O–H groups in total. The molecule has 2 aromatic rings. The van der Waals surface area contributed by atoms with Gasteiger partial charge in [-0.15, -0.1) is 21.5 Å². The van der Waals surface area contributed by atoms with E-state index in [-0.39, 0.29) is 0 Å². The standard InChI is InChI=1S/C10H13N3S/c1-3-5-13-7-11-12-10(13)9-8(2)4-6-14-9/h4,6-7H,3,5H2,1-2H3. The molecule has 0 spiro atoms. The lowest BCUT2D eigenvalue weighted by atomic mass is 10.3. The van der Waals surface area contributed by atoms with E-state index < -0.39 is 0 Å². The number of aromatic nitrogens is 3. The lowest BCUT2D eigenvalue weighted by Gasteiger charge is -2.03. The molecule has 14 heavy (non-hydrogen) atoms. The Morgan fingerprint density at radius 3 is 3.00 bits per heavy atom. The first-order valence-corrected chi connectivity index (χ1v) is 5.63. The molecule has 3 nitrogen and oxygen atoms in total. The van der Waals surface area contributed by atoms with Gasteiger partial charge in [0, 0.05) is 6.54 Å². The average Bonchev–Trinajstić information content (AvgIpc) is 2.74. The van der Waals surface area contributed by atoms with E-state index in [2.05, 4.69) is 40.1 Å². The van der Waals surface area contributed by atoms with Gasteiger partial charge in [-0.05, 0) is 30.4 Å². The Bertz CT molecular complexity index is 416. The van der Waals surface area contributed by atoms with Crippen LogP contribution >= 0.6 is 11.3 Å². The summed E-state index contributed by atoms with van der Waals surface area (Å²) in [6.45, 7) is 5.25. The zero-order valence-corrected chi connectivity index (χ0v) is 9.21. The van der Waals surface area contributed by atoms with Crippen LogP contribution in [0.1, 0.15) is 18.9 Å². The van der Waals surface area contributed by atoms with Gasteiger partial charge >= 0.3 is 0 Å². The molecule has 0 aromatic carbocycles. The summed E-state index contributed by atoms with van der Waals surface area (Å²) in [6, 6.07) is 2.12. The maximum atomic E-state index is 4.16. The molecule has 74 valence electrons. The van der Waals surface area contributed by atoms with Crippen molar-refractivity contribution >= 4 is 11.3 Å². The zero-order valence-electron chi connectivity index (χ0n) is 8.40. The number of thiophene rings is 1. The van der Waals surface area contributed by atoms with Crippen molar-refractivity contribution in [2.75, 3.05) is 0 Å². The highest BCUT2D eigenvalue weighted by Crippen LogP contribution is 2.26. The molecule has 0 amide bonds. The predicted octanol–water partition coefficient (Wildman–Crippen LogP) is 2.73. The molecule has 0 saturated carbocycles. The number of hydrogen-bond donors (Lipinski definition) is 0. The summed E-state index contributed by atoms with van der Waals surface area (Å²) in [4.78, 5) is 1.23. The summed E-state index contributed by atoms with van der Waals surface area (Å²) in [6.07, 6.45) is 2.91. The van der Waals surface area contributed by atoms with Crippen molar-refractivity contribution in [1.82, 2.24) is 14.8 Å². The van der Waals surface area contributed by atoms with Gasteiger partial charge in [0.1, 0.15) is 6.33 Å². The predicted molar refractivity (Wildman–Crippen MR) is 58.4 cm³/mol. The number of rotatable bonds is 3. The largest absolute Gasteiger partial charge is 0.313 e. The Morgan fingerprint density at radius 2 is 2.36 bits per heavy atom. The van der Waals surface area contributed by atoms with Crippen LogP contribution < -0.4 is 0 Å². The first kappa shape index (κ1) is 9.40. The van der Waals surface area contributed by atoms with Crippen LogP contribution in [0.2, 0.25) is 0 Å². The van der Waals surface area contributed by atoms with Gasteiger partial charge in [0.25, 0.3) is 0 Å². The van der Waals surface area contributed by atoms with E-state index >= 15 is 0 Å². The third kappa shape index (κ3) is 1.57. The molecule has 0 bridgehead atoms. The van der Waals surface area contributed by atoms with Crippen LogP contribution in [0.5, 0.6) is 0 Å². The fourth-order valence-electron chi connectivity index (χ4n) is 1.44. The van der Waals surface area contributed by atoms with Gasteiger partial charge in [0.15, 0.2) is 5.82 Å². The molecule has 0 aliphatic heterocycles. The maximum absolute atomic E-state index is 4.16. The van der Waals surface area contributed by atoms with Gasteiger partial charge in [0.2, 0.25) is 0 Å². The molecule has 0 saturated heterocycles. The van der Waals surface area contributed by atoms with Crippen molar-refractivity contribution in [3.63, 3.8) is 0 Å². The number of hydrogen-bond acceptors (Lipinski definition) is 3. The van der Waals surface area contributed by atoms with E-state index in [4.69, 9.17) is 0 Å². The molecule has 0 atom stereocenters. The first-order chi connectivity index (χ1) is 6.83. The number of nitrogens with zero attached hydrogens (tertiary/aromatic N) is 3. The molecule has 2 heterocycles. The van der Waals surface area contributed by atoms with Gasteiger partial charge in [-0.25, -0.2) is 0 Å². The van der Waals surface area contributed by atoms with Crippen LogP contribution in [0.15, 0.2) is 17.8 Å². The second-order valence-corrected chi connectivity index (χ2v) is 4.20. The third-order valence-electron chi connectivity index (χ3n) is 2.15. The first-order valence-electron chi connectivity index (χ1n) is 4.75. The highest BCUT2D eigenvalue weighted by atomic mass is 32.1. The highest BCUT2D eigenvalue weighted by Gasteiger charge is 2.09. The average molecular weight is 207 g/mol. The van der Waals surface area contributed by atoms with Crippen LogP contribution in [0, 0.1) is 6.92 Å². The Labute approximate surface area is 87.4 Å². The molecule has 0 fully saturated rings.